The molecule has 2 aromatic rings. The molecule has 2 rings (SSSR count). The maximum Gasteiger partial charge on any atom is 0.327 e. The molecule has 112 valence electrons. The Kier molecular flexibility index (Phi) is 6.84. The van der Waals surface area contributed by atoms with E-state index in [4.69, 9.17) is 14.3 Å². The first-order valence-corrected chi connectivity index (χ1v) is 8.36. The SMILES string of the molecule is OP(O)OC(CCCCc1ccccc1)c1ccccc1. The molecule has 1 unspecified atom stereocenters. The third-order valence-electron chi connectivity index (χ3n) is 3.42. The fraction of sp³-hybridized carbons (Fsp3) is 0.294. The predicted molar refractivity (Wildman–Crippen MR) is 85.6 cm³/mol. The minimum atomic E-state index is -2.33. The molecule has 4 heteroatoms. The molecule has 2 aromatic carbocycles. The van der Waals surface area contributed by atoms with E-state index in [1.165, 1.54) is 5.56 Å². The van der Waals surface area contributed by atoms with Crippen LogP contribution in [0.2, 0.25) is 0 Å². The normalized spacial score (nSPS) is 12.5. The lowest BCUT2D eigenvalue weighted by molar-refractivity contribution is 0.161. The van der Waals surface area contributed by atoms with Crippen LogP contribution in [0.25, 0.3) is 0 Å². The van der Waals surface area contributed by atoms with Gasteiger partial charge in [0.25, 0.3) is 0 Å². The molecule has 0 aliphatic rings. The van der Waals surface area contributed by atoms with Gasteiger partial charge >= 0.3 is 8.60 Å². The minimum Gasteiger partial charge on any atom is -0.328 e. The van der Waals surface area contributed by atoms with Crippen LogP contribution in [0.4, 0.5) is 0 Å². The third kappa shape index (κ3) is 5.94. The monoisotopic (exact) mass is 304 g/mol. The highest BCUT2D eigenvalue weighted by Gasteiger charge is 2.15. The summed E-state index contributed by atoms with van der Waals surface area (Å²) in [6, 6.07) is 20.1. The molecule has 0 radical (unpaired) electrons. The van der Waals surface area contributed by atoms with Crippen molar-refractivity contribution in [2.75, 3.05) is 0 Å². The summed E-state index contributed by atoms with van der Waals surface area (Å²) < 4.78 is 5.26. The van der Waals surface area contributed by atoms with E-state index in [1.54, 1.807) is 0 Å². The summed E-state index contributed by atoms with van der Waals surface area (Å²) in [5, 5.41) is 0. The standard InChI is InChI=1S/C17H21O3P/c18-21(19)20-17(16-12-5-2-6-13-16)14-8-7-11-15-9-3-1-4-10-15/h1-6,9-10,12-13,17-19H,7-8,11,14H2. The molecule has 0 saturated carbocycles. The molecule has 0 amide bonds. The molecule has 0 aliphatic heterocycles. The van der Waals surface area contributed by atoms with Gasteiger partial charge in [-0.25, -0.2) is 0 Å². The Morgan fingerprint density at radius 2 is 1.48 bits per heavy atom. The lowest BCUT2D eigenvalue weighted by Crippen LogP contribution is -2.02. The molecular formula is C17H21O3P. The summed E-state index contributed by atoms with van der Waals surface area (Å²) in [7, 11) is -2.33. The number of aryl methyl sites for hydroxylation is 1. The van der Waals surface area contributed by atoms with Crippen LogP contribution in [-0.2, 0) is 10.9 Å². The summed E-state index contributed by atoms with van der Waals surface area (Å²) >= 11 is 0. The van der Waals surface area contributed by atoms with Gasteiger partial charge in [-0.3, -0.25) is 0 Å². The molecule has 0 aliphatic carbocycles. The van der Waals surface area contributed by atoms with Crippen molar-refractivity contribution in [2.24, 2.45) is 0 Å². The summed E-state index contributed by atoms with van der Waals surface area (Å²) in [5.74, 6) is 0. The van der Waals surface area contributed by atoms with Gasteiger partial charge in [-0.1, -0.05) is 67.1 Å². The quantitative estimate of drug-likeness (QED) is 0.562. The zero-order valence-corrected chi connectivity index (χ0v) is 12.8. The van der Waals surface area contributed by atoms with Crippen molar-refractivity contribution < 1.29 is 14.3 Å². The van der Waals surface area contributed by atoms with E-state index in [2.05, 4.69) is 24.3 Å². The maximum absolute atomic E-state index is 9.12. The molecular weight excluding hydrogens is 283 g/mol. The lowest BCUT2D eigenvalue weighted by atomic mass is 10.0. The summed E-state index contributed by atoms with van der Waals surface area (Å²) in [5.41, 5.74) is 2.33. The molecule has 0 saturated heterocycles. The molecule has 0 aromatic heterocycles. The molecule has 0 heterocycles. The van der Waals surface area contributed by atoms with Crippen molar-refractivity contribution in [3.63, 3.8) is 0 Å². The summed E-state index contributed by atoms with van der Waals surface area (Å²) in [6.07, 6.45) is 3.62. The van der Waals surface area contributed by atoms with Crippen molar-refractivity contribution in [1.29, 1.82) is 0 Å². The van der Waals surface area contributed by atoms with Crippen LogP contribution >= 0.6 is 8.60 Å². The van der Waals surface area contributed by atoms with E-state index >= 15 is 0 Å². The number of rotatable bonds is 8. The Bertz CT molecular complexity index is 502. The second-order valence-electron chi connectivity index (χ2n) is 4.99. The number of hydrogen-bond acceptors (Lipinski definition) is 3. The van der Waals surface area contributed by atoms with Gasteiger partial charge in [-0.15, -0.1) is 0 Å². The molecule has 0 fully saturated rings. The largest absolute Gasteiger partial charge is 0.328 e. The topological polar surface area (TPSA) is 49.7 Å². The Labute approximate surface area is 127 Å². The van der Waals surface area contributed by atoms with E-state index in [0.717, 1.165) is 31.2 Å². The molecule has 0 spiro atoms. The molecule has 2 N–H and O–H groups in total. The highest BCUT2D eigenvalue weighted by molar-refractivity contribution is 7.39. The van der Waals surface area contributed by atoms with Gasteiger partial charge in [-0.2, -0.15) is 0 Å². The van der Waals surface area contributed by atoms with E-state index in [1.807, 2.05) is 36.4 Å². The summed E-state index contributed by atoms with van der Waals surface area (Å²) in [6.45, 7) is 0. The molecule has 0 bridgehead atoms. The Balaban J connectivity index is 1.82. The number of unbranched alkanes of at least 4 members (excludes halogenated alkanes) is 1. The number of hydrogen-bond donors (Lipinski definition) is 2. The van der Waals surface area contributed by atoms with E-state index < -0.39 is 8.60 Å². The average Bonchev–Trinajstić information content (AvgIpc) is 2.52. The van der Waals surface area contributed by atoms with Crippen molar-refractivity contribution in [3.8, 4) is 0 Å². The smallest absolute Gasteiger partial charge is 0.327 e. The Morgan fingerprint density at radius 1 is 0.857 bits per heavy atom. The lowest BCUT2D eigenvalue weighted by Gasteiger charge is -2.18. The first-order valence-electron chi connectivity index (χ1n) is 7.19. The highest BCUT2D eigenvalue weighted by atomic mass is 31.2. The van der Waals surface area contributed by atoms with Gasteiger partial charge in [0.2, 0.25) is 0 Å². The second-order valence-corrected chi connectivity index (χ2v) is 5.71. The molecule has 3 nitrogen and oxygen atoms in total. The van der Waals surface area contributed by atoms with Crippen LogP contribution in [0.1, 0.15) is 36.5 Å². The Hall–Kier alpha value is -1.25. The zero-order valence-electron chi connectivity index (χ0n) is 11.9. The van der Waals surface area contributed by atoms with Crippen LogP contribution < -0.4 is 0 Å². The minimum absolute atomic E-state index is 0.247. The second kappa shape index (κ2) is 8.91. The first kappa shape index (κ1) is 16.1. The Morgan fingerprint density at radius 3 is 2.10 bits per heavy atom. The van der Waals surface area contributed by atoms with Gasteiger partial charge in [0, 0.05) is 0 Å². The van der Waals surface area contributed by atoms with Gasteiger partial charge in [0.05, 0.1) is 6.10 Å². The van der Waals surface area contributed by atoms with Gasteiger partial charge in [-0.05, 0) is 30.4 Å². The maximum atomic E-state index is 9.12. The highest BCUT2D eigenvalue weighted by Crippen LogP contribution is 2.37. The number of benzene rings is 2. The fourth-order valence-corrected chi connectivity index (χ4v) is 2.82. The zero-order chi connectivity index (χ0) is 14.9. The van der Waals surface area contributed by atoms with Crippen molar-refractivity contribution >= 4 is 8.60 Å². The first-order chi connectivity index (χ1) is 10.3. The average molecular weight is 304 g/mol. The molecule has 1 atom stereocenters. The van der Waals surface area contributed by atoms with Crippen LogP contribution in [0.15, 0.2) is 60.7 Å². The predicted octanol–water partition coefficient (Wildman–Crippen LogP) is 4.37. The van der Waals surface area contributed by atoms with E-state index in [-0.39, 0.29) is 6.10 Å². The van der Waals surface area contributed by atoms with Gasteiger partial charge in [0.1, 0.15) is 0 Å². The van der Waals surface area contributed by atoms with Crippen LogP contribution in [0.3, 0.4) is 0 Å². The molecule has 21 heavy (non-hydrogen) atoms. The van der Waals surface area contributed by atoms with Crippen LogP contribution in [0, 0.1) is 0 Å². The van der Waals surface area contributed by atoms with E-state index in [9.17, 15) is 0 Å². The summed E-state index contributed by atoms with van der Waals surface area (Å²) in [4.78, 5) is 18.2. The fourth-order valence-electron chi connectivity index (χ4n) is 2.37. The van der Waals surface area contributed by atoms with Crippen LogP contribution in [-0.4, -0.2) is 9.79 Å². The van der Waals surface area contributed by atoms with E-state index in [0.29, 0.717) is 0 Å². The van der Waals surface area contributed by atoms with Gasteiger partial charge < -0.3 is 14.3 Å². The van der Waals surface area contributed by atoms with Crippen LogP contribution in [0.5, 0.6) is 0 Å². The third-order valence-corrected chi connectivity index (χ3v) is 3.86. The van der Waals surface area contributed by atoms with Crippen molar-refractivity contribution in [2.45, 2.75) is 31.8 Å². The van der Waals surface area contributed by atoms with Gasteiger partial charge in [0.15, 0.2) is 0 Å². The van der Waals surface area contributed by atoms with Crippen molar-refractivity contribution in [1.82, 2.24) is 0 Å². The van der Waals surface area contributed by atoms with Crippen molar-refractivity contribution in [3.05, 3.63) is 71.8 Å².